The Kier molecular flexibility index (Phi) is 7.15. The van der Waals surface area contributed by atoms with Crippen molar-refractivity contribution in [2.24, 2.45) is 0 Å². The highest BCUT2D eigenvalue weighted by Gasteiger charge is 2.12. The standard InChI is InChI=1S/C21H18BrN3O3S/c22-18-11-10-17(28-18)20(27)25-21(29)24-16-8-4-7-15(13-16)23-19(26)12-9-14-5-2-1-3-6-14/h1-8,10-11,13H,9,12H2,(H,23,26)(H2,24,25,27,29). The van der Waals surface area contributed by atoms with E-state index in [0.717, 1.165) is 5.56 Å². The van der Waals surface area contributed by atoms with Crippen molar-refractivity contribution in [2.75, 3.05) is 10.6 Å². The zero-order valence-electron chi connectivity index (χ0n) is 15.3. The van der Waals surface area contributed by atoms with Crippen molar-refractivity contribution in [3.8, 4) is 0 Å². The number of hydrogen-bond donors (Lipinski definition) is 3. The summed E-state index contributed by atoms with van der Waals surface area (Å²) in [6.45, 7) is 0. The van der Waals surface area contributed by atoms with Crippen LogP contribution in [-0.4, -0.2) is 16.9 Å². The van der Waals surface area contributed by atoms with E-state index in [4.69, 9.17) is 16.6 Å². The number of carbonyl (C=O) groups excluding carboxylic acids is 2. The molecule has 0 unspecified atom stereocenters. The number of hydrogen-bond acceptors (Lipinski definition) is 4. The summed E-state index contributed by atoms with van der Waals surface area (Å²) < 4.78 is 5.64. The fourth-order valence-electron chi connectivity index (χ4n) is 2.56. The lowest BCUT2D eigenvalue weighted by Gasteiger charge is -2.11. The minimum absolute atomic E-state index is 0.0784. The summed E-state index contributed by atoms with van der Waals surface area (Å²) in [5, 5.41) is 8.44. The molecule has 29 heavy (non-hydrogen) atoms. The van der Waals surface area contributed by atoms with E-state index < -0.39 is 5.91 Å². The van der Waals surface area contributed by atoms with Crippen molar-refractivity contribution < 1.29 is 14.0 Å². The third-order valence-electron chi connectivity index (χ3n) is 3.91. The molecule has 0 bridgehead atoms. The van der Waals surface area contributed by atoms with Crippen molar-refractivity contribution >= 4 is 56.4 Å². The summed E-state index contributed by atoms with van der Waals surface area (Å²) in [6, 6.07) is 20.1. The molecule has 6 nitrogen and oxygen atoms in total. The van der Waals surface area contributed by atoms with E-state index in [0.29, 0.717) is 28.9 Å². The minimum atomic E-state index is -0.460. The number of amides is 2. The molecule has 0 saturated heterocycles. The lowest BCUT2D eigenvalue weighted by Crippen LogP contribution is -2.33. The Hall–Kier alpha value is -2.97. The number of rotatable bonds is 6. The van der Waals surface area contributed by atoms with Gasteiger partial charge in [-0.2, -0.15) is 0 Å². The second-order valence-corrected chi connectivity index (χ2v) is 7.32. The summed E-state index contributed by atoms with van der Waals surface area (Å²) in [4.78, 5) is 24.2. The number of thiocarbonyl (C=S) groups is 1. The Balaban J connectivity index is 1.51. The van der Waals surface area contributed by atoms with Crippen LogP contribution in [0.4, 0.5) is 11.4 Å². The molecule has 0 saturated carbocycles. The van der Waals surface area contributed by atoms with Gasteiger partial charge in [0.2, 0.25) is 5.91 Å². The van der Waals surface area contributed by atoms with Crippen LogP contribution in [0.25, 0.3) is 0 Å². The first-order valence-corrected chi connectivity index (χ1v) is 10.0. The van der Waals surface area contributed by atoms with E-state index >= 15 is 0 Å². The van der Waals surface area contributed by atoms with Crippen LogP contribution in [0.5, 0.6) is 0 Å². The van der Waals surface area contributed by atoms with Crippen molar-refractivity contribution in [1.29, 1.82) is 0 Å². The van der Waals surface area contributed by atoms with Gasteiger partial charge in [0.25, 0.3) is 5.91 Å². The van der Waals surface area contributed by atoms with Gasteiger partial charge in [0.05, 0.1) is 0 Å². The molecular weight excluding hydrogens is 454 g/mol. The quantitative estimate of drug-likeness (QED) is 0.452. The number of aryl methyl sites for hydroxylation is 1. The molecule has 0 spiro atoms. The molecule has 0 aliphatic rings. The van der Waals surface area contributed by atoms with Gasteiger partial charge in [0.15, 0.2) is 15.5 Å². The normalized spacial score (nSPS) is 10.2. The molecule has 0 fully saturated rings. The molecule has 2 aromatic carbocycles. The maximum atomic E-state index is 12.2. The van der Waals surface area contributed by atoms with E-state index in [1.54, 1.807) is 30.3 Å². The molecule has 148 valence electrons. The van der Waals surface area contributed by atoms with Crippen molar-refractivity contribution in [3.63, 3.8) is 0 Å². The van der Waals surface area contributed by atoms with Crippen LogP contribution in [0.3, 0.4) is 0 Å². The van der Waals surface area contributed by atoms with E-state index in [1.807, 2.05) is 30.3 Å². The topological polar surface area (TPSA) is 83.4 Å². The van der Waals surface area contributed by atoms with Crippen molar-refractivity contribution in [1.82, 2.24) is 5.32 Å². The predicted molar refractivity (Wildman–Crippen MR) is 120 cm³/mol. The lowest BCUT2D eigenvalue weighted by atomic mass is 10.1. The largest absolute Gasteiger partial charge is 0.444 e. The smallest absolute Gasteiger partial charge is 0.293 e. The Labute approximate surface area is 181 Å². The average Bonchev–Trinajstić information content (AvgIpc) is 3.14. The molecule has 3 rings (SSSR count). The Morgan fingerprint density at radius 1 is 0.931 bits per heavy atom. The highest BCUT2D eigenvalue weighted by atomic mass is 79.9. The molecule has 0 aliphatic carbocycles. The van der Waals surface area contributed by atoms with Gasteiger partial charge in [-0.25, -0.2) is 0 Å². The van der Waals surface area contributed by atoms with Crippen molar-refractivity contribution in [3.05, 3.63) is 82.7 Å². The number of carbonyl (C=O) groups is 2. The highest BCUT2D eigenvalue weighted by molar-refractivity contribution is 9.10. The highest BCUT2D eigenvalue weighted by Crippen LogP contribution is 2.16. The third-order valence-corrected chi connectivity index (χ3v) is 4.54. The average molecular weight is 472 g/mol. The summed E-state index contributed by atoms with van der Waals surface area (Å²) in [5.41, 5.74) is 2.39. The molecular formula is C21H18BrN3O3S. The second kappa shape index (κ2) is 9.99. The zero-order chi connectivity index (χ0) is 20.6. The first-order valence-electron chi connectivity index (χ1n) is 8.81. The minimum Gasteiger partial charge on any atom is -0.444 e. The van der Waals surface area contributed by atoms with Gasteiger partial charge in [-0.1, -0.05) is 36.4 Å². The Morgan fingerprint density at radius 3 is 2.34 bits per heavy atom. The van der Waals surface area contributed by atoms with Crippen LogP contribution in [0.2, 0.25) is 0 Å². The first-order chi connectivity index (χ1) is 14.0. The molecule has 0 aliphatic heterocycles. The van der Waals surface area contributed by atoms with Gasteiger partial charge >= 0.3 is 0 Å². The SMILES string of the molecule is O=C(CCc1ccccc1)Nc1cccc(NC(=S)NC(=O)c2ccc(Br)o2)c1. The number of nitrogens with one attached hydrogen (secondary N) is 3. The Bertz CT molecular complexity index is 1020. The van der Waals surface area contributed by atoms with E-state index in [1.165, 1.54) is 6.07 Å². The molecule has 8 heteroatoms. The van der Waals surface area contributed by atoms with Gasteiger partial charge in [0.1, 0.15) is 0 Å². The molecule has 0 atom stereocenters. The first kappa shape index (κ1) is 20.8. The Morgan fingerprint density at radius 2 is 1.66 bits per heavy atom. The number of furan rings is 1. The summed E-state index contributed by atoms with van der Waals surface area (Å²) >= 11 is 8.30. The molecule has 2 amide bonds. The third kappa shape index (κ3) is 6.55. The molecule has 3 N–H and O–H groups in total. The number of benzene rings is 2. The van der Waals surface area contributed by atoms with E-state index in [-0.39, 0.29) is 16.8 Å². The van der Waals surface area contributed by atoms with Gasteiger partial charge in [0, 0.05) is 17.8 Å². The number of halogens is 1. The number of anilines is 2. The van der Waals surface area contributed by atoms with Crippen LogP contribution in [0, 0.1) is 0 Å². The lowest BCUT2D eigenvalue weighted by molar-refractivity contribution is -0.116. The van der Waals surface area contributed by atoms with Crippen molar-refractivity contribution in [2.45, 2.75) is 12.8 Å². The molecule has 1 heterocycles. The summed E-state index contributed by atoms with van der Waals surface area (Å²) in [7, 11) is 0. The van der Waals surface area contributed by atoms with Gasteiger partial charge in [-0.3, -0.25) is 14.9 Å². The van der Waals surface area contributed by atoms with Crippen LogP contribution in [0.1, 0.15) is 22.5 Å². The van der Waals surface area contributed by atoms with Crippen LogP contribution >= 0.6 is 28.1 Å². The van der Waals surface area contributed by atoms with Gasteiger partial charge in [-0.15, -0.1) is 0 Å². The summed E-state index contributed by atoms with van der Waals surface area (Å²) in [5.74, 6) is -0.399. The van der Waals surface area contributed by atoms with Crippen LogP contribution in [0.15, 0.2) is 75.8 Å². The molecule has 0 radical (unpaired) electrons. The van der Waals surface area contributed by atoms with E-state index in [9.17, 15) is 9.59 Å². The fraction of sp³-hybridized carbons (Fsp3) is 0.0952. The van der Waals surface area contributed by atoms with Crippen LogP contribution < -0.4 is 16.0 Å². The maximum Gasteiger partial charge on any atom is 0.293 e. The molecule has 1 aromatic heterocycles. The second-order valence-electron chi connectivity index (χ2n) is 6.13. The zero-order valence-corrected chi connectivity index (χ0v) is 17.7. The van der Waals surface area contributed by atoms with E-state index in [2.05, 4.69) is 31.9 Å². The van der Waals surface area contributed by atoms with Crippen LogP contribution in [-0.2, 0) is 11.2 Å². The monoisotopic (exact) mass is 471 g/mol. The summed E-state index contributed by atoms with van der Waals surface area (Å²) in [6.07, 6.45) is 1.05. The fourth-order valence-corrected chi connectivity index (χ4v) is 3.08. The predicted octanol–water partition coefficient (Wildman–Crippen LogP) is 4.74. The van der Waals surface area contributed by atoms with Gasteiger partial charge in [-0.05, 0) is 70.5 Å². The van der Waals surface area contributed by atoms with Gasteiger partial charge < -0.3 is 15.1 Å². The molecule has 3 aromatic rings. The maximum absolute atomic E-state index is 12.2.